The summed E-state index contributed by atoms with van der Waals surface area (Å²) < 4.78 is 13.1. The molecule has 2 spiro atoms. The van der Waals surface area contributed by atoms with E-state index >= 15 is 0 Å². The molecule has 12 aliphatic rings. The molecule has 0 saturated heterocycles. The van der Waals surface area contributed by atoms with Crippen molar-refractivity contribution in [1.82, 2.24) is 0 Å². The Kier molecular flexibility index (Phi) is 27.8. The van der Waals surface area contributed by atoms with Gasteiger partial charge in [-0.2, -0.15) is 0 Å². The fourth-order valence-electron chi connectivity index (χ4n) is 17.2. The fraction of sp³-hybridized carbons (Fsp3) is 0.806. The maximum absolute atomic E-state index is 12.0. The SMILES string of the molecule is C.C.C.C.C.C.C.C.C.C.C.C.C.C.C.CC[C@]12CC[C@H]3[C@@H](C=CC4=CC(=O)CC[C@@H]43)[C@@H]1[C@@H]1C[C@@H]1[C@@]21C=CCO1.CC[C@]12CC[C@H]3[C@H]([C@@H]1[C@@H]1C[C@@H]1[C@@]21C=CCO1)[C@H](C)CC1=CC(=O)CC[C@@H]13. The van der Waals surface area contributed by atoms with E-state index in [-0.39, 0.29) is 123 Å². The first-order valence-corrected chi connectivity index (χ1v) is 21.6. The minimum absolute atomic E-state index is 0. The van der Waals surface area contributed by atoms with Crippen LogP contribution in [0.3, 0.4) is 0 Å². The Labute approximate surface area is 416 Å². The minimum atomic E-state index is 0. The van der Waals surface area contributed by atoms with Gasteiger partial charge < -0.3 is 9.47 Å². The lowest BCUT2D eigenvalue weighted by Crippen LogP contribution is -2.57. The summed E-state index contributed by atoms with van der Waals surface area (Å²) in [4.78, 5) is 23.8. The van der Waals surface area contributed by atoms with E-state index in [4.69, 9.17) is 9.47 Å². The third-order valence-corrected chi connectivity index (χ3v) is 18.8. The highest BCUT2D eigenvalue weighted by Crippen LogP contribution is 2.80. The van der Waals surface area contributed by atoms with Gasteiger partial charge in [-0.3, -0.25) is 9.59 Å². The largest absolute Gasteiger partial charge is 0.366 e. The number of rotatable bonds is 2. The van der Waals surface area contributed by atoms with Crippen molar-refractivity contribution >= 4 is 11.6 Å². The van der Waals surface area contributed by atoms with E-state index in [1.54, 1.807) is 0 Å². The molecule has 66 heavy (non-hydrogen) atoms. The van der Waals surface area contributed by atoms with Crippen molar-refractivity contribution in [3.63, 3.8) is 0 Å². The second-order valence-electron chi connectivity index (χ2n) is 19.8. The topological polar surface area (TPSA) is 52.6 Å². The first kappa shape index (κ1) is 72.9. The van der Waals surface area contributed by atoms with Gasteiger partial charge >= 0.3 is 0 Å². The highest BCUT2D eigenvalue weighted by atomic mass is 16.5. The van der Waals surface area contributed by atoms with Crippen molar-refractivity contribution in [3.05, 3.63) is 59.8 Å². The molecule has 0 aromatic carbocycles. The maximum Gasteiger partial charge on any atom is 0.155 e. The van der Waals surface area contributed by atoms with Crippen LogP contribution in [0, 0.1) is 87.8 Å². The molecular weight excluding hydrogens is 809 g/mol. The van der Waals surface area contributed by atoms with Crippen molar-refractivity contribution in [3.8, 4) is 0 Å². The summed E-state index contributed by atoms with van der Waals surface area (Å²) in [6, 6.07) is 0. The smallest absolute Gasteiger partial charge is 0.155 e. The Hall–Kier alpha value is -2.04. The van der Waals surface area contributed by atoms with Crippen LogP contribution in [0.4, 0.5) is 0 Å². The van der Waals surface area contributed by atoms with Gasteiger partial charge in [-0.25, -0.2) is 0 Å². The van der Waals surface area contributed by atoms with Crippen molar-refractivity contribution in [2.24, 2.45) is 87.8 Å². The summed E-state index contributed by atoms with van der Waals surface area (Å²) in [5.41, 5.74) is 3.70. The normalized spacial score (nSPS) is 43.0. The molecule has 4 nitrogen and oxygen atoms in total. The number of ether oxygens (including phenoxy) is 2. The van der Waals surface area contributed by atoms with Gasteiger partial charge in [0.1, 0.15) is 0 Å². The number of ketones is 2. The lowest BCUT2D eigenvalue weighted by Gasteiger charge is -2.60. The average molecular weight is 930 g/mol. The summed E-state index contributed by atoms with van der Waals surface area (Å²) in [6.45, 7) is 8.99. The van der Waals surface area contributed by atoms with Crippen LogP contribution in [-0.4, -0.2) is 36.0 Å². The molecule has 0 radical (unpaired) electrons. The molecule has 392 valence electrons. The molecular formula is C62H120O4. The maximum atomic E-state index is 12.0. The lowest BCUT2D eigenvalue weighted by atomic mass is 9.46. The molecule has 0 aromatic rings. The number of hydrogen-bond donors (Lipinski definition) is 0. The number of allylic oxidation sites excluding steroid dienone is 5. The Bertz CT molecular complexity index is 1700. The summed E-state index contributed by atoms with van der Waals surface area (Å²) >= 11 is 0. The van der Waals surface area contributed by atoms with Crippen LogP contribution in [0.2, 0.25) is 0 Å². The van der Waals surface area contributed by atoms with Crippen LogP contribution in [-0.2, 0) is 19.1 Å². The van der Waals surface area contributed by atoms with E-state index in [9.17, 15) is 9.59 Å². The van der Waals surface area contributed by atoms with Gasteiger partial charge in [-0.05, 0) is 165 Å². The Morgan fingerprint density at radius 3 is 1.55 bits per heavy atom. The Morgan fingerprint density at radius 1 is 0.576 bits per heavy atom. The fourth-order valence-corrected chi connectivity index (χ4v) is 17.2. The van der Waals surface area contributed by atoms with Gasteiger partial charge in [-0.1, -0.05) is 174 Å². The first-order valence-electron chi connectivity index (χ1n) is 21.6. The zero-order chi connectivity index (χ0) is 34.5. The van der Waals surface area contributed by atoms with E-state index in [0.717, 1.165) is 98.1 Å². The predicted octanol–water partition coefficient (Wildman–Crippen LogP) is 19.0. The summed E-state index contributed by atoms with van der Waals surface area (Å²) in [5.74, 6) is 10.9. The molecule has 10 aliphatic carbocycles. The van der Waals surface area contributed by atoms with Crippen molar-refractivity contribution in [2.75, 3.05) is 13.2 Å². The van der Waals surface area contributed by atoms with Crippen LogP contribution < -0.4 is 0 Å². The molecule has 4 heteroatoms. The minimum Gasteiger partial charge on any atom is -0.366 e. The lowest BCUT2D eigenvalue weighted by molar-refractivity contribution is -0.150. The van der Waals surface area contributed by atoms with Crippen LogP contribution in [0.5, 0.6) is 0 Å². The van der Waals surface area contributed by atoms with Gasteiger partial charge in [-0.15, -0.1) is 0 Å². The monoisotopic (exact) mass is 929 g/mol. The number of carbonyl (C=O) groups is 2. The van der Waals surface area contributed by atoms with E-state index in [1.807, 2.05) is 12.2 Å². The van der Waals surface area contributed by atoms with Crippen LogP contribution in [0.1, 0.15) is 216 Å². The van der Waals surface area contributed by atoms with E-state index in [2.05, 4.69) is 57.2 Å². The third-order valence-electron chi connectivity index (χ3n) is 18.8. The molecule has 0 amide bonds. The number of fused-ring (bicyclic) bond motifs is 18. The van der Waals surface area contributed by atoms with Crippen molar-refractivity contribution in [2.45, 2.75) is 227 Å². The van der Waals surface area contributed by atoms with Crippen LogP contribution in [0.15, 0.2) is 59.8 Å². The number of carbonyl (C=O) groups excluding carboxylic acids is 2. The molecule has 0 unspecified atom stereocenters. The second kappa shape index (κ2) is 25.2. The zero-order valence-corrected chi connectivity index (χ0v) is 31.4. The first-order chi connectivity index (χ1) is 24.8. The van der Waals surface area contributed by atoms with E-state index in [1.165, 1.54) is 68.9 Å². The van der Waals surface area contributed by atoms with Crippen LogP contribution >= 0.6 is 0 Å². The zero-order valence-electron chi connectivity index (χ0n) is 31.4. The predicted molar refractivity (Wildman–Crippen MR) is 299 cm³/mol. The highest BCUT2D eigenvalue weighted by molar-refractivity contribution is 5.92. The quantitative estimate of drug-likeness (QED) is 0.259. The summed E-state index contributed by atoms with van der Waals surface area (Å²) in [5, 5.41) is 0. The molecule has 2 aliphatic heterocycles. The van der Waals surface area contributed by atoms with E-state index < -0.39 is 0 Å². The molecule has 0 N–H and O–H groups in total. The Morgan fingerprint density at radius 2 is 1.05 bits per heavy atom. The molecule has 17 atom stereocenters. The summed E-state index contributed by atoms with van der Waals surface area (Å²) in [7, 11) is 0. The van der Waals surface area contributed by atoms with Gasteiger partial charge in [0.25, 0.3) is 0 Å². The van der Waals surface area contributed by atoms with Gasteiger partial charge in [0.05, 0.1) is 24.4 Å². The standard InChI is InChI=1S/C24H32O2.C23H28O2.15CH4/c1-3-23-9-7-18-17-6-5-16(25)12-15(17)11-14(2)21(18)22(23)19-13-20(19)24(23)8-4-10-26-24;1-2-22-10-8-17-16-7-5-15(24)12-14(16)4-6-18(17)21(22)19-13-20(19)23(22)9-3-11-25-23;;;;;;;;;;;;;;;/h4,8,12,14,17-22H,3,5-7,9-11,13H2,1-2H3;3-4,6,9,12,16-21H,2,5,7-8,10-11,13H2,1H3;15*1H4/t14-,17+,18-,19-,20+,21-,22+,23+,24+;16-,17+,18+,19+,20-,21+,22-,23-;;;;;;;;;;;;;;;/m10.............../s1. The van der Waals surface area contributed by atoms with E-state index in [0.29, 0.717) is 40.2 Å². The highest BCUT2D eigenvalue weighted by Gasteiger charge is 2.79. The molecule has 7 fully saturated rings. The van der Waals surface area contributed by atoms with Crippen LogP contribution in [0.25, 0.3) is 0 Å². The summed E-state index contributed by atoms with van der Waals surface area (Å²) in [6.07, 6.45) is 33.9. The second-order valence-corrected chi connectivity index (χ2v) is 19.8. The molecule has 12 rings (SSSR count). The van der Waals surface area contributed by atoms with Gasteiger partial charge in [0.2, 0.25) is 0 Å². The van der Waals surface area contributed by atoms with Gasteiger partial charge in [0.15, 0.2) is 11.6 Å². The average Bonchev–Trinajstić information content (AvgIpc) is 3.94. The molecule has 2 heterocycles. The third kappa shape index (κ3) is 9.11. The van der Waals surface area contributed by atoms with Crippen molar-refractivity contribution < 1.29 is 19.1 Å². The molecule has 0 aromatic heterocycles. The Balaban J connectivity index is -0.000000306. The van der Waals surface area contributed by atoms with Crippen molar-refractivity contribution in [1.29, 1.82) is 0 Å². The molecule has 7 saturated carbocycles. The van der Waals surface area contributed by atoms with Gasteiger partial charge in [0, 0.05) is 23.7 Å². The molecule has 0 bridgehead atoms. The number of hydrogen-bond acceptors (Lipinski definition) is 4.